The summed E-state index contributed by atoms with van der Waals surface area (Å²) in [5.74, 6) is 4.97. The fourth-order valence-electron chi connectivity index (χ4n) is 8.02. The fraction of sp³-hybridized carbons (Fsp3) is 0.857. The van der Waals surface area contributed by atoms with Crippen LogP contribution in [0.5, 0.6) is 0 Å². The number of allylic oxidation sites excluding steroid dienone is 3. The Morgan fingerprint density at radius 3 is 2.41 bits per heavy atom. The summed E-state index contributed by atoms with van der Waals surface area (Å²) in [6.45, 7) is 14.9. The van der Waals surface area contributed by atoms with Crippen LogP contribution in [-0.4, -0.2) is 11.2 Å². The van der Waals surface area contributed by atoms with Crippen molar-refractivity contribution >= 4 is 0 Å². The molecular formula is C28H46O. The third-order valence-corrected chi connectivity index (χ3v) is 10.5. The molecule has 4 aliphatic rings. The van der Waals surface area contributed by atoms with Gasteiger partial charge in [-0.3, -0.25) is 0 Å². The first-order chi connectivity index (χ1) is 13.7. The Bertz CT molecular complexity index is 672. The maximum Gasteiger partial charge on any atom is 0.0578 e. The average molecular weight is 399 g/mol. The number of hydrogen-bond acceptors (Lipinski definition) is 1. The first kappa shape index (κ1) is 21.7. The molecule has 3 saturated carbocycles. The molecule has 0 amide bonds. The quantitative estimate of drug-likeness (QED) is 0.506. The van der Waals surface area contributed by atoms with E-state index >= 15 is 0 Å². The maximum absolute atomic E-state index is 10.2. The second-order valence-corrected chi connectivity index (χ2v) is 12.3. The smallest absolute Gasteiger partial charge is 0.0578 e. The summed E-state index contributed by atoms with van der Waals surface area (Å²) in [7, 11) is 0. The monoisotopic (exact) mass is 398 g/mol. The molecule has 4 aliphatic carbocycles. The van der Waals surface area contributed by atoms with E-state index in [2.05, 4.69) is 53.7 Å². The van der Waals surface area contributed by atoms with Crippen molar-refractivity contribution in [3.05, 3.63) is 23.3 Å². The van der Waals surface area contributed by atoms with Gasteiger partial charge in [-0.15, -0.1) is 0 Å². The van der Waals surface area contributed by atoms with Crippen molar-refractivity contribution in [2.24, 2.45) is 46.3 Å². The van der Waals surface area contributed by atoms with Crippen LogP contribution in [0.2, 0.25) is 0 Å². The van der Waals surface area contributed by atoms with Gasteiger partial charge in [-0.05, 0) is 91.3 Å². The highest BCUT2D eigenvalue weighted by Gasteiger charge is 2.56. The van der Waals surface area contributed by atoms with Gasteiger partial charge in [0.05, 0.1) is 6.10 Å². The molecule has 1 N–H and O–H groups in total. The molecule has 0 bridgehead atoms. The summed E-state index contributed by atoms with van der Waals surface area (Å²) < 4.78 is 0. The van der Waals surface area contributed by atoms with Crippen LogP contribution in [0.15, 0.2) is 23.3 Å². The van der Waals surface area contributed by atoms with Crippen molar-refractivity contribution in [2.75, 3.05) is 0 Å². The number of aliphatic hydroxyl groups excluding tert-OH is 1. The van der Waals surface area contributed by atoms with Crippen LogP contribution in [0.4, 0.5) is 0 Å². The molecule has 0 heterocycles. The lowest BCUT2D eigenvalue weighted by atomic mass is 9.50. The van der Waals surface area contributed by atoms with Crippen LogP contribution in [0.1, 0.15) is 99.3 Å². The van der Waals surface area contributed by atoms with Crippen LogP contribution >= 0.6 is 0 Å². The molecule has 0 unspecified atom stereocenters. The maximum atomic E-state index is 10.2. The number of aliphatic hydroxyl groups is 1. The Morgan fingerprint density at radius 2 is 1.69 bits per heavy atom. The van der Waals surface area contributed by atoms with Crippen LogP contribution in [0.25, 0.3) is 0 Å². The molecule has 0 saturated heterocycles. The zero-order valence-electron chi connectivity index (χ0n) is 20.0. The zero-order chi connectivity index (χ0) is 21.0. The van der Waals surface area contributed by atoms with Gasteiger partial charge in [0.25, 0.3) is 0 Å². The second-order valence-electron chi connectivity index (χ2n) is 12.3. The van der Waals surface area contributed by atoms with E-state index in [1.807, 2.05) is 0 Å². The summed E-state index contributed by atoms with van der Waals surface area (Å²) in [5.41, 5.74) is 4.17. The van der Waals surface area contributed by atoms with Gasteiger partial charge in [-0.2, -0.15) is 0 Å². The highest BCUT2D eigenvalue weighted by Crippen LogP contribution is 2.66. The van der Waals surface area contributed by atoms with Crippen molar-refractivity contribution < 1.29 is 5.11 Å². The molecule has 0 aliphatic heterocycles. The molecule has 8 atom stereocenters. The van der Waals surface area contributed by atoms with Gasteiger partial charge >= 0.3 is 0 Å². The van der Waals surface area contributed by atoms with Crippen molar-refractivity contribution in [2.45, 2.75) is 105 Å². The van der Waals surface area contributed by atoms with Gasteiger partial charge in [0, 0.05) is 0 Å². The van der Waals surface area contributed by atoms with Gasteiger partial charge in [0.1, 0.15) is 0 Å². The van der Waals surface area contributed by atoms with Crippen molar-refractivity contribution in [1.82, 2.24) is 0 Å². The largest absolute Gasteiger partial charge is 0.393 e. The SMILES string of the molecule is CC(C)[C@@H](C)CC[C@@H](C)[C@@H]1CC[C@@H]2C3=CC=C4C[C@H](O)CC[C@@]4(C)[C@H]3CC[C@]21C. The molecule has 0 radical (unpaired) electrons. The molecule has 4 rings (SSSR count). The van der Waals surface area contributed by atoms with E-state index in [-0.39, 0.29) is 6.10 Å². The predicted octanol–water partition coefficient (Wildman–Crippen LogP) is 7.55. The highest BCUT2D eigenvalue weighted by molar-refractivity contribution is 5.38. The van der Waals surface area contributed by atoms with Crippen molar-refractivity contribution in [1.29, 1.82) is 0 Å². The van der Waals surface area contributed by atoms with Gasteiger partial charge < -0.3 is 5.11 Å². The van der Waals surface area contributed by atoms with Crippen LogP contribution in [0.3, 0.4) is 0 Å². The van der Waals surface area contributed by atoms with Gasteiger partial charge in [0.15, 0.2) is 0 Å². The van der Waals surface area contributed by atoms with E-state index in [0.29, 0.717) is 10.8 Å². The molecule has 0 aromatic heterocycles. The zero-order valence-corrected chi connectivity index (χ0v) is 20.0. The Labute approximate surface area is 180 Å². The minimum absolute atomic E-state index is 0.108. The summed E-state index contributed by atoms with van der Waals surface area (Å²) in [6.07, 6.45) is 16.4. The van der Waals surface area contributed by atoms with E-state index < -0.39 is 0 Å². The Hall–Kier alpha value is -0.560. The Morgan fingerprint density at radius 1 is 0.931 bits per heavy atom. The van der Waals surface area contributed by atoms with E-state index in [4.69, 9.17) is 0 Å². The Balaban J connectivity index is 1.52. The molecule has 0 aromatic carbocycles. The lowest BCUT2D eigenvalue weighted by molar-refractivity contribution is 0.0317. The summed E-state index contributed by atoms with van der Waals surface area (Å²) in [4.78, 5) is 0. The first-order valence-electron chi connectivity index (χ1n) is 12.8. The molecule has 1 nitrogen and oxygen atoms in total. The number of hydrogen-bond donors (Lipinski definition) is 1. The molecule has 164 valence electrons. The summed E-state index contributed by atoms with van der Waals surface area (Å²) in [5, 5.41) is 10.2. The lowest BCUT2D eigenvalue weighted by Crippen LogP contribution is -2.46. The molecule has 0 spiro atoms. The Kier molecular flexibility index (Phi) is 5.86. The highest BCUT2D eigenvalue weighted by atomic mass is 16.3. The molecule has 3 fully saturated rings. The van der Waals surface area contributed by atoms with Gasteiger partial charge in [-0.1, -0.05) is 77.7 Å². The predicted molar refractivity (Wildman–Crippen MR) is 124 cm³/mol. The van der Waals surface area contributed by atoms with E-state index in [1.165, 1.54) is 44.9 Å². The normalized spacial score (nSPS) is 43.7. The van der Waals surface area contributed by atoms with E-state index in [1.54, 1.807) is 11.1 Å². The molecule has 29 heavy (non-hydrogen) atoms. The summed E-state index contributed by atoms with van der Waals surface area (Å²) in [6, 6.07) is 0. The van der Waals surface area contributed by atoms with Crippen molar-refractivity contribution in [3.63, 3.8) is 0 Å². The van der Waals surface area contributed by atoms with Gasteiger partial charge in [0.2, 0.25) is 0 Å². The number of rotatable bonds is 5. The molecule has 0 aromatic rings. The number of fused-ring (bicyclic) bond motifs is 5. The van der Waals surface area contributed by atoms with Crippen LogP contribution in [0, 0.1) is 46.3 Å². The van der Waals surface area contributed by atoms with Crippen molar-refractivity contribution in [3.8, 4) is 0 Å². The third kappa shape index (κ3) is 3.58. The van der Waals surface area contributed by atoms with Gasteiger partial charge in [-0.25, -0.2) is 0 Å². The van der Waals surface area contributed by atoms with E-state index in [0.717, 1.165) is 48.3 Å². The lowest BCUT2D eigenvalue weighted by Gasteiger charge is -2.55. The molecule has 1 heteroatoms. The standard InChI is InChI=1S/C28H46O/c1-18(2)19(3)7-8-20(4)24-11-12-25-23-10-9-21-17-22(29)13-15-27(21,5)26(23)14-16-28(24,25)6/h9-10,18-20,22,24-26,29H,7-8,11-17H2,1-6H3/t19-,20+,22+,24-,25+,26-,27+,28-/m0/s1. The average Bonchev–Trinajstić information content (AvgIpc) is 3.03. The molecular weight excluding hydrogens is 352 g/mol. The van der Waals surface area contributed by atoms with Crippen LogP contribution in [-0.2, 0) is 0 Å². The van der Waals surface area contributed by atoms with E-state index in [9.17, 15) is 5.11 Å². The second kappa shape index (κ2) is 7.85. The first-order valence-corrected chi connectivity index (χ1v) is 12.8. The fourth-order valence-corrected chi connectivity index (χ4v) is 8.02. The minimum atomic E-state index is -0.108. The third-order valence-electron chi connectivity index (χ3n) is 10.5. The van der Waals surface area contributed by atoms with Crippen LogP contribution < -0.4 is 0 Å². The topological polar surface area (TPSA) is 20.2 Å². The minimum Gasteiger partial charge on any atom is -0.393 e. The summed E-state index contributed by atoms with van der Waals surface area (Å²) >= 11 is 0.